The Morgan fingerprint density at radius 1 is 1.19 bits per heavy atom. The molecule has 26 heavy (non-hydrogen) atoms. The number of hydrogen-bond donors (Lipinski definition) is 1. The molecule has 5 nitrogen and oxygen atoms in total. The molecule has 1 saturated heterocycles. The Hall–Kier alpha value is -2.67. The third-order valence-corrected chi connectivity index (χ3v) is 5.11. The zero-order chi connectivity index (χ0) is 18.5. The van der Waals surface area contributed by atoms with Crippen molar-refractivity contribution in [3.8, 4) is 0 Å². The number of amides is 1. The Morgan fingerprint density at radius 2 is 1.88 bits per heavy atom. The maximum absolute atomic E-state index is 13.1. The Kier molecular flexibility index (Phi) is 5.68. The Labute approximate surface area is 154 Å². The van der Waals surface area contributed by atoms with E-state index in [1.54, 1.807) is 0 Å². The summed E-state index contributed by atoms with van der Waals surface area (Å²) in [6.45, 7) is 0.405. The second-order valence-electron chi connectivity index (χ2n) is 5.80. The number of rotatable bonds is 5. The fourth-order valence-corrected chi connectivity index (χ4v) is 3.62. The molecule has 0 aliphatic carbocycles. The predicted octanol–water partition coefficient (Wildman–Crippen LogP) is 3.47. The second-order valence-corrected chi connectivity index (χ2v) is 6.97. The molecule has 0 aromatic heterocycles. The van der Waals surface area contributed by atoms with E-state index in [2.05, 4.69) is 4.99 Å². The van der Waals surface area contributed by atoms with E-state index in [9.17, 15) is 19.1 Å². The minimum Gasteiger partial charge on any atom is -0.480 e. The van der Waals surface area contributed by atoms with E-state index in [-0.39, 0.29) is 18.1 Å². The van der Waals surface area contributed by atoms with E-state index >= 15 is 0 Å². The van der Waals surface area contributed by atoms with E-state index < -0.39 is 11.2 Å². The van der Waals surface area contributed by atoms with Gasteiger partial charge in [0.05, 0.1) is 12.1 Å². The minimum atomic E-state index is -1.04. The highest BCUT2D eigenvalue weighted by Crippen LogP contribution is 2.29. The highest BCUT2D eigenvalue weighted by molar-refractivity contribution is 8.15. The fraction of sp³-hybridized carbons (Fsp3) is 0.211. The normalized spacial score (nSPS) is 19.0. The van der Waals surface area contributed by atoms with Crippen molar-refractivity contribution in [3.63, 3.8) is 0 Å². The van der Waals surface area contributed by atoms with Crippen LogP contribution in [0.4, 0.5) is 10.1 Å². The van der Waals surface area contributed by atoms with Crippen molar-refractivity contribution >= 4 is 34.5 Å². The summed E-state index contributed by atoms with van der Waals surface area (Å²) in [5.41, 5.74) is 1.55. The summed E-state index contributed by atoms with van der Waals surface area (Å²) in [7, 11) is 0. The van der Waals surface area contributed by atoms with Crippen molar-refractivity contribution in [1.29, 1.82) is 0 Å². The highest BCUT2D eigenvalue weighted by Gasteiger charge is 2.35. The van der Waals surface area contributed by atoms with Crippen LogP contribution in [0.25, 0.3) is 0 Å². The molecular formula is C19H17FN2O3S. The lowest BCUT2D eigenvalue weighted by atomic mass is 10.1. The van der Waals surface area contributed by atoms with E-state index in [1.807, 2.05) is 30.3 Å². The number of carbonyl (C=O) groups is 2. The first-order valence-electron chi connectivity index (χ1n) is 8.11. The number of benzene rings is 2. The topological polar surface area (TPSA) is 70.0 Å². The fourth-order valence-electron chi connectivity index (χ4n) is 2.56. The summed E-state index contributed by atoms with van der Waals surface area (Å²) in [6.07, 6.45) is 0.560. The van der Waals surface area contributed by atoms with Gasteiger partial charge >= 0.3 is 5.97 Å². The average molecular weight is 372 g/mol. The standard InChI is InChI=1S/C19H17FN2O3S/c20-14-6-8-15(9-7-14)21-19-22(11-10-13-4-2-1-3-5-13)17(23)12-16(26-19)18(24)25/h1-9,16H,10-12H2,(H,24,25)/t16-/m1/s1. The lowest BCUT2D eigenvalue weighted by Gasteiger charge is -2.30. The van der Waals surface area contributed by atoms with E-state index in [4.69, 9.17) is 0 Å². The molecule has 1 N–H and O–H groups in total. The Bertz CT molecular complexity index is 824. The molecule has 0 radical (unpaired) electrons. The van der Waals surface area contributed by atoms with Gasteiger partial charge in [0, 0.05) is 6.54 Å². The first-order valence-corrected chi connectivity index (χ1v) is 8.99. The molecule has 1 aliphatic heterocycles. The number of hydrogen-bond acceptors (Lipinski definition) is 4. The number of carboxylic acid groups (broad SMARTS) is 1. The van der Waals surface area contributed by atoms with Crippen LogP contribution in [0.2, 0.25) is 0 Å². The molecule has 7 heteroatoms. The van der Waals surface area contributed by atoms with Gasteiger partial charge in [-0.15, -0.1) is 0 Å². The van der Waals surface area contributed by atoms with Gasteiger partial charge in [-0.2, -0.15) is 0 Å². The predicted molar refractivity (Wildman–Crippen MR) is 99.0 cm³/mol. The first-order chi connectivity index (χ1) is 12.5. The largest absolute Gasteiger partial charge is 0.480 e. The van der Waals surface area contributed by atoms with Crippen molar-refractivity contribution in [2.45, 2.75) is 18.1 Å². The third kappa shape index (κ3) is 4.49. The van der Waals surface area contributed by atoms with Crippen LogP contribution < -0.4 is 0 Å². The number of aliphatic carboxylic acids is 1. The molecule has 2 aromatic rings. The van der Waals surface area contributed by atoms with Gasteiger partial charge in [0.25, 0.3) is 0 Å². The van der Waals surface area contributed by atoms with Crippen molar-refractivity contribution in [1.82, 2.24) is 4.90 Å². The van der Waals surface area contributed by atoms with E-state index in [0.717, 1.165) is 17.3 Å². The molecule has 1 atom stereocenters. The molecule has 2 aromatic carbocycles. The third-order valence-electron chi connectivity index (χ3n) is 3.93. The molecule has 134 valence electrons. The summed E-state index contributed by atoms with van der Waals surface area (Å²) >= 11 is 1.05. The van der Waals surface area contributed by atoms with Gasteiger partial charge in [-0.05, 0) is 36.2 Å². The molecule has 1 amide bonds. The summed E-state index contributed by atoms with van der Waals surface area (Å²) in [6, 6.07) is 15.3. The molecule has 0 spiro atoms. The van der Waals surface area contributed by atoms with Gasteiger partial charge in [0.1, 0.15) is 11.1 Å². The van der Waals surface area contributed by atoms with Gasteiger partial charge in [0.15, 0.2) is 5.17 Å². The van der Waals surface area contributed by atoms with Crippen molar-refractivity contribution in [3.05, 3.63) is 66.0 Å². The summed E-state index contributed by atoms with van der Waals surface area (Å²) < 4.78 is 13.1. The molecule has 0 bridgehead atoms. The number of carbonyl (C=O) groups excluding carboxylic acids is 1. The van der Waals surface area contributed by atoms with Gasteiger partial charge in [-0.1, -0.05) is 42.1 Å². The maximum atomic E-state index is 13.1. The van der Waals surface area contributed by atoms with Crippen LogP contribution in [0.1, 0.15) is 12.0 Å². The molecule has 3 rings (SSSR count). The smallest absolute Gasteiger partial charge is 0.317 e. The highest BCUT2D eigenvalue weighted by atomic mass is 32.2. The zero-order valence-electron chi connectivity index (χ0n) is 13.8. The van der Waals surface area contributed by atoms with Crippen molar-refractivity contribution in [2.75, 3.05) is 6.54 Å². The number of nitrogens with zero attached hydrogens (tertiary/aromatic N) is 2. The molecule has 0 saturated carbocycles. The number of thioether (sulfide) groups is 1. The van der Waals surface area contributed by atoms with Crippen molar-refractivity contribution < 1.29 is 19.1 Å². The van der Waals surface area contributed by atoms with Crippen molar-refractivity contribution in [2.24, 2.45) is 4.99 Å². The monoisotopic (exact) mass is 372 g/mol. The number of amidine groups is 1. The minimum absolute atomic E-state index is 0.0722. The molecule has 1 aliphatic rings. The summed E-state index contributed by atoms with van der Waals surface area (Å²) in [5, 5.41) is 8.74. The number of carboxylic acids is 1. The van der Waals surface area contributed by atoms with E-state index in [0.29, 0.717) is 23.8 Å². The molecule has 0 unspecified atom stereocenters. The van der Waals surface area contributed by atoms with Crippen LogP contribution in [0, 0.1) is 5.82 Å². The summed E-state index contributed by atoms with van der Waals surface area (Å²) in [4.78, 5) is 29.7. The quantitative estimate of drug-likeness (QED) is 0.872. The van der Waals surface area contributed by atoms with Crippen LogP contribution in [0.15, 0.2) is 59.6 Å². The van der Waals surface area contributed by atoms with E-state index in [1.165, 1.54) is 29.2 Å². The second kappa shape index (κ2) is 8.14. The molecule has 1 fully saturated rings. The first kappa shape index (κ1) is 18.1. The SMILES string of the molecule is O=C(O)[C@H]1CC(=O)N(CCc2ccccc2)C(=Nc2ccc(F)cc2)S1. The lowest BCUT2D eigenvalue weighted by Crippen LogP contribution is -2.44. The van der Waals surface area contributed by atoms with Gasteiger partial charge in [0.2, 0.25) is 5.91 Å². The maximum Gasteiger partial charge on any atom is 0.317 e. The molecular weight excluding hydrogens is 355 g/mol. The Balaban J connectivity index is 1.84. The lowest BCUT2D eigenvalue weighted by molar-refractivity contribution is -0.139. The van der Waals surface area contributed by atoms with Crippen LogP contribution in [0.3, 0.4) is 0 Å². The molecule has 1 heterocycles. The van der Waals surface area contributed by atoms with Gasteiger partial charge in [-0.25, -0.2) is 9.38 Å². The van der Waals surface area contributed by atoms with Crippen LogP contribution >= 0.6 is 11.8 Å². The summed E-state index contributed by atoms with van der Waals surface area (Å²) in [5.74, 6) is -1.70. The van der Waals surface area contributed by atoms with Crippen LogP contribution in [-0.2, 0) is 16.0 Å². The average Bonchev–Trinajstić information content (AvgIpc) is 2.63. The van der Waals surface area contributed by atoms with Gasteiger partial charge in [-0.3, -0.25) is 14.5 Å². The Morgan fingerprint density at radius 3 is 2.54 bits per heavy atom. The number of aliphatic imine (C=N–C) groups is 1. The number of halogens is 1. The van der Waals surface area contributed by atoms with Crippen LogP contribution in [0.5, 0.6) is 0 Å². The zero-order valence-corrected chi connectivity index (χ0v) is 14.7. The van der Waals surface area contributed by atoms with Gasteiger partial charge < -0.3 is 5.11 Å². The van der Waals surface area contributed by atoms with Crippen LogP contribution in [-0.4, -0.2) is 38.8 Å².